The average molecular weight is 266 g/mol. The van der Waals surface area contributed by atoms with Crippen molar-refractivity contribution in [2.45, 2.75) is 6.18 Å². The van der Waals surface area contributed by atoms with Gasteiger partial charge in [-0.05, 0) is 12.1 Å². The summed E-state index contributed by atoms with van der Waals surface area (Å²) in [5, 5.41) is 5.18. The molecule has 90 valence electrons. The summed E-state index contributed by atoms with van der Waals surface area (Å²) in [4.78, 5) is 3.59. The van der Waals surface area contributed by atoms with E-state index in [9.17, 15) is 17.6 Å². The number of halogens is 5. The molecule has 8 heteroatoms. The maximum absolute atomic E-state index is 13.4. The standard InChI is InChI=1S/C9H4ClF4N3/c10-4-1-5(11)8(15-3-4)6-2-7(17-16-6)9(12,13)14/h1-3H,(H,16,17). The summed E-state index contributed by atoms with van der Waals surface area (Å²) in [6.45, 7) is 0. The van der Waals surface area contributed by atoms with Crippen LogP contribution in [0, 0.1) is 5.82 Å². The monoisotopic (exact) mass is 265 g/mol. The van der Waals surface area contributed by atoms with E-state index in [1.807, 2.05) is 0 Å². The highest BCUT2D eigenvalue weighted by Gasteiger charge is 2.33. The Morgan fingerprint density at radius 2 is 1.94 bits per heavy atom. The molecule has 0 radical (unpaired) electrons. The van der Waals surface area contributed by atoms with E-state index >= 15 is 0 Å². The Kier molecular flexibility index (Phi) is 2.78. The number of H-pyrrole nitrogens is 1. The van der Waals surface area contributed by atoms with Gasteiger partial charge in [0.1, 0.15) is 17.1 Å². The topological polar surface area (TPSA) is 41.6 Å². The second-order valence-electron chi connectivity index (χ2n) is 3.15. The fourth-order valence-corrected chi connectivity index (χ4v) is 1.34. The third-order valence-corrected chi connectivity index (χ3v) is 2.14. The van der Waals surface area contributed by atoms with Crippen molar-refractivity contribution in [3.63, 3.8) is 0 Å². The van der Waals surface area contributed by atoms with Gasteiger partial charge < -0.3 is 0 Å². The zero-order valence-corrected chi connectivity index (χ0v) is 8.77. The molecule has 0 fully saturated rings. The molecular weight excluding hydrogens is 262 g/mol. The highest BCUT2D eigenvalue weighted by atomic mass is 35.5. The van der Waals surface area contributed by atoms with Gasteiger partial charge in [-0.25, -0.2) is 9.37 Å². The lowest BCUT2D eigenvalue weighted by atomic mass is 10.2. The van der Waals surface area contributed by atoms with Crippen LogP contribution in [-0.2, 0) is 6.18 Å². The van der Waals surface area contributed by atoms with Crippen molar-refractivity contribution >= 4 is 11.6 Å². The highest BCUT2D eigenvalue weighted by molar-refractivity contribution is 6.30. The summed E-state index contributed by atoms with van der Waals surface area (Å²) in [7, 11) is 0. The minimum atomic E-state index is -4.56. The Bertz CT molecular complexity index is 549. The minimum Gasteiger partial charge on any atom is -0.273 e. The van der Waals surface area contributed by atoms with Gasteiger partial charge in [0, 0.05) is 6.20 Å². The molecule has 2 heterocycles. The van der Waals surface area contributed by atoms with Gasteiger partial charge in [0.05, 0.1) is 5.02 Å². The second kappa shape index (κ2) is 3.99. The lowest BCUT2D eigenvalue weighted by Crippen LogP contribution is -2.04. The van der Waals surface area contributed by atoms with Crippen LogP contribution in [0.5, 0.6) is 0 Å². The molecule has 0 bridgehead atoms. The minimum absolute atomic E-state index is 0.0535. The molecule has 0 aliphatic carbocycles. The van der Waals surface area contributed by atoms with E-state index < -0.39 is 17.7 Å². The van der Waals surface area contributed by atoms with Crippen LogP contribution >= 0.6 is 11.6 Å². The number of hydrogen-bond acceptors (Lipinski definition) is 2. The normalized spacial score (nSPS) is 11.8. The van der Waals surface area contributed by atoms with Gasteiger partial charge in [-0.2, -0.15) is 18.3 Å². The molecule has 2 aromatic rings. The first-order chi connectivity index (χ1) is 7.88. The number of nitrogens with one attached hydrogen (secondary N) is 1. The molecule has 17 heavy (non-hydrogen) atoms. The number of pyridine rings is 1. The quantitative estimate of drug-likeness (QED) is 0.804. The molecule has 0 aliphatic heterocycles. The van der Waals surface area contributed by atoms with Crippen LogP contribution in [-0.4, -0.2) is 15.2 Å². The molecule has 2 rings (SSSR count). The van der Waals surface area contributed by atoms with Gasteiger partial charge in [-0.1, -0.05) is 11.6 Å². The summed E-state index contributed by atoms with van der Waals surface area (Å²) >= 11 is 5.47. The molecule has 0 aromatic carbocycles. The maximum atomic E-state index is 13.4. The third kappa shape index (κ3) is 2.38. The van der Waals surface area contributed by atoms with Crippen molar-refractivity contribution in [1.29, 1.82) is 0 Å². The smallest absolute Gasteiger partial charge is 0.273 e. The molecule has 0 amide bonds. The first-order valence-electron chi connectivity index (χ1n) is 4.32. The zero-order chi connectivity index (χ0) is 12.6. The average Bonchev–Trinajstić information content (AvgIpc) is 2.65. The van der Waals surface area contributed by atoms with Crippen molar-refractivity contribution in [3.05, 3.63) is 34.9 Å². The van der Waals surface area contributed by atoms with Crippen molar-refractivity contribution in [2.24, 2.45) is 0 Å². The molecule has 0 spiro atoms. The summed E-state index contributed by atoms with van der Waals surface area (Å²) < 4.78 is 50.2. The number of nitrogens with zero attached hydrogens (tertiary/aromatic N) is 2. The third-order valence-electron chi connectivity index (χ3n) is 1.93. The summed E-state index contributed by atoms with van der Waals surface area (Å²) in [6, 6.07) is 1.63. The highest BCUT2D eigenvalue weighted by Crippen LogP contribution is 2.30. The SMILES string of the molecule is Fc1cc(Cl)cnc1-c1cc(C(F)(F)F)[nH]n1. The molecule has 2 aromatic heterocycles. The molecule has 0 aliphatic rings. The van der Waals surface area contributed by atoms with Crippen LogP contribution in [0.1, 0.15) is 5.69 Å². The molecule has 3 nitrogen and oxygen atoms in total. The van der Waals surface area contributed by atoms with E-state index in [4.69, 9.17) is 11.6 Å². The predicted octanol–water partition coefficient (Wildman–Crippen LogP) is 3.28. The molecule has 1 N–H and O–H groups in total. The van der Waals surface area contributed by atoms with Gasteiger partial charge in [-0.15, -0.1) is 0 Å². The first-order valence-corrected chi connectivity index (χ1v) is 4.70. The van der Waals surface area contributed by atoms with Gasteiger partial charge in [0.15, 0.2) is 5.82 Å². The van der Waals surface area contributed by atoms with Crippen LogP contribution in [0.3, 0.4) is 0 Å². The van der Waals surface area contributed by atoms with Crippen molar-refractivity contribution in [2.75, 3.05) is 0 Å². The van der Waals surface area contributed by atoms with Crippen LogP contribution in [0.15, 0.2) is 18.3 Å². The molecule has 0 saturated heterocycles. The van der Waals surface area contributed by atoms with E-state index in [1.54, 1.807) is 5.10 Å². The predicted molar refractivity (Wildman–Crippen MR) is 51.8 cm³/mol. The molecular formula is C9H4ClF4N3. The summed E-state index contributed by atoms with van der Waals surface area (Å²) in [6.07, 6.45) is -3.43. The lowest BCUT2D eigenvalue weighted by molar-refractivity contribution is -0.141. The van der Waals surface area contributed by atoms with Crippen LogP contribution < -0.4 is 0 Å². The summed E-state index contributed by atoms with van der Waals surface area (Å²) in [5.41, 5.74) is -1.59. The Balaban J connectivity index is 2.44. The Labute approximate surface area is 97.4 Å². The van der Waals surface area contributed by atoms with Gasteiger partial charge in [0.2, 0.25) is 0 Å². The van der Waals surface area contributed by atoms with Crippen molar-refractivity contribution in [3.8, 4) is 11.4 Å². The number of aromatic nitrogens is 3. The fourth-order valence-electron chi connectivity index (χ4n) is 1.19. The maximum Gasteiger partial charge on any atom is 0.432 e. The Morgan fingerprint density at radius 3 is 2.47 bits per heavy atom. The van der Waals surface area contributed by atoms with E-state index in [-0.39, 0.29) is 16.4 Å². The van der Waals surface area contributed by atoms with Gasteiger partial charge >= 0.3 is 6.18 Å². The second-order valence-corrected chi connectivity index (χ2v) is 3.59. The number of rotatable bonds is 1. The van der Waals surface area contributed by atoms with E-state index in [1.165, 1.54) is 0 Å². The van der Waals surface area contributed by atoms with Crippen LogP contribution in [0.2, 0.25) is 5.02 Å². The van der Waals surface area contributed by atoms with Gasteiger partial charge in [-0.3, -0.25) is 5.10 Å². The van der Waals surface area contributed by atoms with Gasteiger partial charge in [0.25, 0.3) is 0 Å². The first kappa shape index (κ1) is 11.8. The van der Waals surface area contributed by atoms with E-state index in [0.717, 1.165) is 12.3 Å². The Hall–Kier alpha value is -1.63. The van der Waals surface area contributed by atoms with Crippen molar-refractivity contribution < 1.29 is 17.6 Å². The fraction of sp³-hybridized carbons (Fsp3) is 0.111. The lowest BCUT2D eigenvalue weighted by Gasteiger charge is -2.00. The van der Waals surface area contributed by atoms with E-state index in [2.05, 4.69) is 10.1 Å². The molecule has 0 saturated carbocycles. The van der Waals surface area contributed by atoms with Crippen LogP contribution in [0.25, 0.3) is 11.4 Å². The Morgan fingerprint density at radius 1 is 1.24 bits per heavy atom. The molecule has 0 atom stereocenters. The van der Waals surface area contributed by atoms with Crippen LogP contribution in [0.4, 0.5) is 17.6 Å². The molecule has 0 unspecified atom stereocenters. The number of aromatic amines is 1. The largest absolute Gasteiger partial charge is 0.432 e. The summed E-state index contributed by atoms with van der Waals surface area (Å²) in [5.74, 6) is -0.835. The van der Waals surface area contributed by atoms with Crippen molar-refractivity contribution in [1.82, 2.24) is 15.2 Å². The number of hydrogen-bond donors (Lipinski definition) is 1. The number of alkyl halides is 3. The zero-order valence-electron chi connectivity index (χ0n) is 8.02. The van der Waals surface area contributed by atoms with E-state index in [0.29, 0.717) is 6.07 Å².